The first-order valence-corrected chi connectivity index (χ1v) is 6.32. The average Bonchev–Trinajstić information content (AvgIpc) is 2.37. The molecule has 0 aliphatic heterocycles. The van der Waals surface area contributed by atoms with Crippen LogP contribution < -0.4 is 0 Å². The summed E-state index contributed by atoms with van der Waals surface area (Å²) in [7, 11) is 0. The van der Waals surface area contributed by atoms with Crippen molar-refractivity contribution in [2.75, 3.05) is 0 Å². The molecular formula is C15H20F2O. The summed E-state index contributed by atoms with van der Waals surface area (Å²) in [6.07, 6.45) is -0.879. The van der Waals surface area contributed by atoms with Gasteiger partial charge in [0.05, 0.1) is 6.10 Å². The van der Waals surface area contributed by atoms with Gasteiger partial charge in [0, 0.05) is 11.5 Å². The second-order valence-electron chi connectivity index (χ2n) is 4.52. The van der Waals surface area contributed by atoms with Crippen molar-refractivity contribution in [3.05, 3.63) is 47.5 Å². The summed E-state index contributed by atoms with van der Waals surface area (Å²) in [5, 5.41) is 9.96. The highest BCUT2D eigenvalue weighted by Crippen LogP contribution is 2.25. The third-order valence-corrected chi connectivity index (χ3v) is 3.32. The molecule has 3 heteroatoms. The SMILES string of the molecule is CCC(=C(F)F)C(C)C(O)CCc1ccccc1. The fraction of sp³-hybridized carbons (Fsp3) is 0.467. The molecule has 100 valence electrons. The van der Waals surface area contributed by atoms with Crippen LogP contribution in [-0.2, 0) is 6.42 Å². The third-order valence-electron chi connectivity index (χ3n) is 3.32. The van der Waals surface area contributed by atoms with E-state index in [1.165, 1.54) is 0 Å². The molecule has 0 aromatic heterocycles. The lowest BCUT2D eigenvalue weighted by Gasteiger charge is -2.20. The maximum absolute atomic E-state index is 12.6. The van der Waals surface area contributed by atoms with E-state index in [0.717, 1.165) is 5.56 Å². The second kappa shape index (κ2) is 7.27. The summed E-state index contributed by atoms with van der Waals surface area (Å²) in [6.45, 7) is 3.35. The number of halogens is 2. The van der Waals surface area contributed by atoms with Crippen LogP contribution in [0.5, 0.6) is 0 Å². The summed E-state index contributed by atoms with van der Waals surface area (Å²) < 4.78 is 25.3. The van der Waals surface area contributed by atoms with Crippen molar-refractivity contribution in [1.82, 2.24) is 0 Å². The molecule has 2 unspecified atom stereocenters. The molecule has 0 fully saturated rings. The monoisotopic (exact) mass is 254 g/mol. The van der Waals surface area contributed by atoms with E-state index >= 15 is 0 Å². The molecule has 18 heavy (non-hydrogen) atoms. The Morgan fingerprint density at radius 3 is 2.33 bits per heavy atom. The van der Waals surface area contributed by atoms with Crippen molar-refractivity contribution in [3.8, 4) is 0 Å². The molecule has 0 radical (unpaired) electrons. The van der Waals surface area contributed by atoms with E-state index in [1.54, 1.807) is 13.8 Å². The maximum atomic E-state index is 12.6. The Balaban J connectivity index is 2.55. The van der Waals surface area contributed by atoms with Crippen LogP contribution in [0.1, 0.15) is 32.3 Å². The number of aryl methyl sites for hydroxylation is 1. The molecular weight excluding hydrogens is 234 g/mol. The Bertz CT molecular complexity index is 383. The van der Waals surface area contributed by atoms with Crippen molar-refractivity contribution in [1.29, 1.82) is 0 Å². The van der Waals surface area contributed by atoms with Crippen molar-refractivity contribution in [2.45, 2.75) is 39.2 Å². The van der Waals surface area contributed by atoms with Crippen LogP contribution in [-0.4, -0.2) is 11.2 Å². The number of rotatable bonds is 6. The van der Waals surface area contributed by atoms with Gasteiger partial charge in [-0.25, -0.2) is 0 Å². The Labute approximate surface area is 107 Å². The van der Waals surface area contributed by atoms with Gasteiger partial charge in [-0.05, 0) is 24.8 Å². The van der Waals surface area contributed by atoms with Gasteiger partial charge in [0.2, 0.25) is 0 Å². The fourth-order valence-electron chi connectivity index (χ4n) is 2.07. The molecule has 1 aromatic carbocycles. The standard InChI is InChI=1S/C15H20F2O/c1-3-13(15(16)17)11(2)14(18)10-9-12-7-5-4-6-8-12/h4-8,11,14,18H,3,9-10H2,1-2H3. The predicted molar refractivity (Wildman–Crippen MR) is 69.5 cm³/mol. The first-order valence-electron chi connectivity index (χ1n) is 6.32. The van der Waals surface area contributed by atoms with E-state index in [4.69, 9.17) is 0 Å². The Hall–Kier alpha value is -1.22. The summed E-state index contributed by atoms with van der Waals surface area (Å²) in [5.74, 6) is -0.483. The molecule has 0 heterocycles. The highest BCUT2D eigenvalue weighted by molar-refractivity contribution is 5.15. The van der Waals surface area contributed by atoms with Crippen LogP contribution in [0.3, 0.4) is 0 Å². The van der Waals surface area contributed by atoms with Gasteiger partial charge in [0.1, 0.15) is 0 Å². The number of hydrogen-bond donors (Lipinski definition) is 1. The molecule has 0 amide bonds. The van der Waals surface area contributed by atoms with Gasteiger partial charge in [0.25, 0.3) is 6.08 Å². The van der Waals surface area contributed by atoms with Crippen LogP contribution in [0, 0.1) is 5.92 Å². The van der Waals surface area contributed by atoms with Crippen molar-refractivity contribution >= 4 is 0 Å². The molecule has 0 bridgehead atoms. The van der Waals surface area contributed by atoms with Gasteiger partial charge in [-0.1, -0.05) is 44.2 Å². The molecule has 0 saturated carbocycles. The van der Waals surface area contributed by atoms with Crippen LogP contribution in [0.25, 0.3) is 0 Å². The minimum Gasteiger partial charge on any atom is -0.393 e. The summed E-state index contributed by atoms with van der Waals surface area (Å²) in [6, 6.07) is 9.75. The van der Waals surface area contributed by atoms with Gasteiger partial charge in [-0.3, -0.25) is 0 Å². The van der Waals surface area contributed by atoms with Gasteiger partial charge in [-0.15, -0.1) is 0 Å². The smallest absolute Gasteiger partial charge is 0.269 e. The van der Waals surface area contributed by atoms with E-state index in [0.29, 0.717) is 12.8 Å². The minimum absolute atomic E-state index is 0.0653. The lowest BCUT2D eigenvalue weighted by molar-refractivity contribution is 0.119. The van der Waals surface area contributed by atoms with E-state index in [1.807, 2.05) is 30.3 Å². The van der Waals surface area contributed by atoms with Crippen LogP contribution >= 0.6 is 0 Å². The first kappa shape index (κ1) is 14.8. The van der Waals surface area contributed by atoms with Crippen LogP contribution in [0.2, 0.25) is 0 Å². The van der Waals surface area contributed by atoms with E-state index in [-0.39, 0.29) is 12.0 Å². The summed E-state index contributed by atoms with van der Waals surface area (Å²) >= 11 is 0. The zero-order valence-corrected chi connectivity index (χ0v) is 10.9. The number of hydrogen-bond acceptors (Lipinski definition) is 1. The molecule has 0 aliphatic rings. The first-order chi connectivity index (χ1) is 8.56. The molecule has 2 atom stereocenters. The highest BCUT2D eigenvalue weighted by Gasteiger charge is 2.21. The lowest BCUT2D eigenvalue weighted by Crippen LogP contribution is -2.20. The zero-order valence-electron chi connectivity index (χ0n) is 10.9. The number of aliphatic hydroxyl groups excluding tert-OH is 1. The number of aliphatic hydroxyl groups is 1. The molecule has 1 rings (SSSR count). The van der Waals surface area contributed by atoms with Gasteiger partial charge in [-0.2, -0.15) is 8.78 Å². The molecule has 1 aromatic rings. The summed E-state index contributed by atoms with van der Waals surface area (Å²) in [5.41, 5.74) is 1.18. The Kier molecular flexibility index (Phi) is 5.99. The minimum atomic E-state index is -1.65. The number of benzene rings is 1. The van der Waals surface area contributed by atoms with E-state index < -0.39 is 18.1 Å². The van der Waals surface area contributed by atoms with Crippen molar-refractivity contribution in [2.24, 2.45) is 5.92 Å². The maximum Gasteiger partial charge on any atom is 0.269 e. The topological polar surface area (TPSA) is 20.2 Å². The highest BCUT2D eigenvalue weighted by atomic mass is 19.3. The zero-order chi connectivity index (χ0) is 13.5. The van der Waals surface area contributed by atoms with Crippen LogP contribution in [0.4, 0.5) is 8.78 Å². The van der Waals surface area contributed by atoms with E-state index in [2.05, 4.69) is 0 Å². The van der Waals surface area contributed by atoms with Crippen LogP contribution in [0.15, 0.2) is 42.0 Å². The predicted octanol–water partition coefficient (Wildman–Crippen LogP) is 4.18. The molecule has 0 spiro atoms. The van der Waals surface area contributed by atoms with Gasteiger partial charge >= 0.3 is 0 Å². The van der Waals surface area contributed by atoms with Crippen molar-refractivity contribution < 1.29 is 13.9 Å². The normalized spacial score (nSPS) is 14.1. The average molecular weight is 254 g/mol. The van der Waals surface area contributed by atoms with Crippen molar-refractivity contribution in [3.63, 3.8) is 0 Å². The molecule has 1 nitrogen and oxygen atoms in total. The van der Waals surface area contributed by atoms with Gasteiger partial charge in [0.15, 0.2) is 0 Å². The Morgan fingerprint density at radius 1 is 1.22 bits per heavy atom. The quantitative estimate of drug-likeness (QED) is 0.807. The Morgan fingerprint density at radius 2 is 1.83 bits per heavy atom. The molecule has 1 N–H and O–H groups in total. The van der Waals surface area contributed by atoms with E-state index in [9.17, 15) is 13.9 Å². The third kappa shape index (κ3) is 4.22. The largest absolute Gasteiger partial charge is 0.393 e. The molecule has 0 saturated heterocycles. The summed E-state index contributed by atoms with van der Waals surface area (Å²) in [4.78, 5) is 0. The van der Waals surface area contributed by atoms with Gasteiger partial charge < -0.3 is 5.11 Å². The molecule has 0 aliphatic carbocycles. The fourth-order valence-corrected chi connectivity index (χ4v) is 2.07. The lowest BCUT2D eigenvalue weighted by atomic mass is 9.90. The second-order valence-corrected chi connectivity index (χ2v) is 4.52.